The number of hydrogen-bond acceptors (Lipinski definition) is 3. The Morgan fingerprint density at radius 3 is 2.56 bits per heavy atom. The molecule has 0 heterocycles. The summed E-state index contributed by atoms with van der Waals surface area (Å²) >= 11 is 0. The van der Waals surface area contributed by atoms with Crippen molar-refractivity contribution in [2.24, 2.45) is 0 Å². The predicted molar refractivity (Wildman–Crippen MR) is 65.3 cm³/mol. The number of benzene rings is 1. The van der Waals surface area contributed by atoms with E-state index in [1.54, 1.807) is 0 Å². The van der Waals surface area contributed by atoms with E-state index in [9.17, 15) is 5.11 Å². The van der Waals surface area contributed by atoms with Crippen LogP contribution in [0.5, 0.6) is 0 Å². The number of hydrogen-bond donors (Lipinski definition) is 3. The summed E-state index contributed by atoms with van der Waals surface area (Å²) in [5, 5.41) is 21.0. The fourth-order valence-corrected chi connectivity index (χ4v) is 1.53. The molecular formula is C13H21NO2. The third-order valence-electron chi connectivity index (χ3n) is 2.62. The Balaban J connectivity index is 2.18. The number of nitrogens with one attached hydrogen (secondary N) is 1. The molecule has 3 nitrogen and oxygen atoms in total. The number of aryl methyl sites for hydroxylation is 1. The molecule has 0 aliphatic heterocycles. The molecule has 1 aromatic carbocycles. The molecule has 0 radical (unpaired) electrons. The topological polar surface area (TPSA) is 52.5 Å². The molecular weight excluding hydrogens is 202 g/mol. The Kier molecular flexibility index (Phi) is 6.08. The molecule has 0 spiro atoms. The normalized spacial score (nSPS) is 14.7. The maximum absolute atomic E-state index is 9.18. The molecule has 0 aromatic heterocycles. The van der Waals surface area contributed by atoms with Crippen molar-refractivity contribution in [1.29, 1.82) is 0 Å². The average Bonchev–Trinajstić information content (AvgIpc) is 2.34. The van der Waals surface area contributed by atoms with Gasteiger partial charge in [-0.05, 0) is 25.3 Å². The van der Waals surface area contributed by atoms with Gasteiger partial charge in [0.25, 0.3) is 0 Å². The molecule has 0 amide bonds. The largest absolute Gasteiger partial charge is 0.394 e. The summed E-state index contributed by atoms with van der Waals surface area (Å²) in [7, 11) is 0. The van der Waals surface area contributed by atoms with Crippen LogP contribution in [0, 0.1) is 0 Å². The molecule has 1 aromatic rings. The van der Waals surface area contributed by atoms with Gasteiger partial charge < -0.3 is 15.5 Å². The standard InChI is InChI=1S/C13H21NO2/c1-11(14-9-13(16)10-15)7-8-12-5-3-2-4-6-12/h2-6,11,13-16H,7-10H2,1H3/t11-,13+/m1/s1. The molecule has 3 N–H and O–H groups in total. The van der Waals surface area contributed by atoms with Gasteiger partial charge in [0, 0.05) is 12.6 Å². The van der Waals surface area contributed by atoms with E-state index >= 15 is 0 Å². The maximum Gasteiger partial charge on any atom is 0.0895 e. The van der Waals surface area contributed by atoms with Crippen LogP contribution >= 0.6 is 0 Å². The molecule has 1 rings (SSSR count). The van der Waals surface area contributed by atoms with Crippen LogP contribution in [-0.4, -0.2) is 35.5 Å². The molecule has 16 heavy (non-hydrogen) atoms. The van der Waals surface area contributed by atoms with E-state index in [1.165, 1.54) is 5.56 Å². The molecule has 90 valence electrons. The van der Waals surface area contributed by atoms with Gasteiger partial charge in [0.1, 0.15) is 0 Å². The monoisotopic (exact) mass is 223 g/mol. The van der Waals surface area contributed by atoms with Crippen LogP contribution in [0.4, 0.5) is 0 Å². The zero-order valence-electron chi connectivity index (χ0n) is 9.76. The fourth-order valence-electron chi connectivity index (χ4n) is 1.53. The first kappa shape index (κ1) is 13.2. The lowest BCUT2D eigenvalue weighted by atomic mass is 10.1. The summed E-state index contributed by atoms with van der Waals surface area (Å²) in [4.78, 5) is 0. The number of aliphatic hydroxyl groups is 2. The van der Waals surface area contributed by atoms with E-state index in [0.717, 1.165) is 12.8 Å². The summed E-state index contributed by atoms with van der Waals surface area (Å²) in [6.45, 7) is 2.36. The van der Waals surface area contributed by atoms with Crippen molar-refractivity contribution >= 4 is 0 Å². The van der Waals surface area contributed by atoms with Crippen molar-refractivity contribution in [3.63, 3.8) is 0 Å². The van der Waals surface area contributed by atoms with E-state index in [2.05, 4.69) is 24.4 Å². The van der Waals surface area contributed by atoms with Crippen molar-refractivity contribution in [3.8, 4) is 0 Å². The zero-order chi connectivity index (χ0) is 11.8. The second-order valence-electron chi connectivity index (χ2n) is 4.17. The van der Waals surface area contributed by atoms with E-state index in [4.69, 9.17) is 5.11 Å². The Bertz CT molecular complexity index is 277. The van der Waals surface area contributed by atoms with E-state index in [0.29, 0.717) is 12.6 Å². The SMILES string of the molecule is C[C@H](CCc1ccccc1)NC[C@H](O)CO. The molecule has 3 heteroatoms. The van der Waals surface area contributed by atoms with Gasteiger partial charge in [-0.25, -0.2) is 0 Å². The van der Waals surface area contributed by atoms with Crippen LogP contribution in [0.15, 0.2) is 30.3 Å². The van der Waals surface area contributed by atoms with Crippen LogP contribution in [0.3, 0.4) is 0 Å². The summed E-state index contributed by atoms with van der Waals surface area (Å²) in [5.41, 5.74) is 1.33. The average molecular weight is 223 g/mol. The molecule has 0 fully saturated rings. The first-order valence-electron chi connectivity index (χ1n) is 5.78. The minimum Gasteiger partial charge on any atom is -0.394 e. The molecule has 0 bridgehead atoms. The second-order valence-corrected chi connectivity index (χ2v) is 4.17. The Labute approximate surface area is 97.1 Å². The number of aliphatic hydroxyl groups excluding tert-OH is 2. The summed E-state index contributed by atoms with van der Waals surface area (Å²) < 4.78 is 0. The van der Waals surface area contributed by atoms with Crippen LogP contribution in [0.1, 0.15) is 18.9 Å². The number of rotatable bonds is 7. The summed E-state index contributed by atoms with van der Waals surface area (Å²) in [6, 6.07) is 10.7. The third kappa shape index (κ3) is 5.26. The molecule has 0 saturated heterocycles. The van der Waals surface area contributed by atoms with Gasteiger partial charge in [0.15, 0.2) is 0 Å². The van der Waals surface area contributed by atoms with Crippen molar-refractivity contribution < 1.29 is 10.2 Å². The maximum atomic E-state index is 9.18. The van der Waals surface area contributed by atoms with Gasteiger partial charge >= 0.3 is 0 Å². The molecule has 2 atom stereocenters. The van der Waals surface area contributed by atoms with Crippen molar-refractivity contribution in [1.82, 2.24) is 5.32 Å². The van der Waals surface area contributed by atoms with Gasteiger partial charge in [0.2, 0.25) is 0 Å². The highest BCUT2D eigenvalue weighted by molar-refractivity contribution is 5.14. The van der Waals surface area contributed by atoms with Gasteiger partial charge in [-0.2, -0.15) is 0 Å². The van der Waals surface area contributed by atoms with E-state index in [1.807, 2.05) is 18.2 Å². The lowest BCUT2D eigenvalue weighted by Gasteiger charge is -2.15. The molecule has 0 unspecified atom stereocenters. The van der Waals surface area contributed by atoms with Gasteiger partial charge in [-0.3, -0.25) is 0 Å². The minimum absolute atomic E-state index is 0.182. The fraction of sp³-hybridized carbons (Fsp3) is 0.538. The van der Waals surface area contributed by atoms with E-state index < -0.39 is 6.10 Å². The highest BCUT2D eigenvalue weighted by Gasteiger charge is 2.05. The van der Waals surface area contributed by atoms with Crippen molar-refractivity contribution in [3.05, 3.63) is 35.9 Å². The second kappa shape index (κ2) is 7.39. The van der Waals surface area contributed by atoms with Crippen molar-refractivity contribution in [2.45, 2.75) is 31.9 Å². The van der Waals surface area contributed by atoms with Gasteiger partial charge in [0.05, 0.1) is 12.7 Å². The molecule has 0 saturated carbocycles. The molecule has 0 aliphatic carbocycles. The Morgan fingerprint density at radius 1 is 1.25 bits per heavy atom. The minimum atomic E-state index is -0.654. The Hall–Kier alpha value is -0.900. The van der Waals surface area contributed by atoms with Crippen LogP contribution in [0.25, 0.3) is 0 Å². The van der Waals surface area contributed by atoms with Crippen LogP contribution < -0.4 is 5.32 Å². The summed E-state index contributed by atoms with van der Waals surface area (Å²) in [5.74, 6) is 0. The summed E-state index contributed by atoms with van der Waals surface area (Å²) in [6.07, 6.45) is 1.41. The van der Waals surface area contributed by atoms with Crippen LogP contribution in [0.2, 0.25) is 0 Å². The predicted octanol–water partition coefficient (Wildman–Crippen LogP) is 0.950. The lowest BCUT2D eigenvalue weighted by Crippen LogP contribution is -2.35. The van der Waals surface area contributed by atoms with Crippen molar-refractivity contribution in [2.75, 3.05) is 13.2 Å². The highest BCUT2D eigenvalue weighted by Crippen LogP contribution is 2.04. The Morgan fingerprint density at radius 2 is 1.94 bits per heavy atom. The third-order valence-corrected chi connectivity index (χ3v) is 2.62. The first-order chi connectivity index (χ1) is 7.72. The highest BCUT2D eigenvalue weighted by atomic mass is 16.3. The first-order valence-corrected chi connectivity index (χ1v) is 5.78. The van der Waals surface area contributed by atoms with E-state index in [-0.39, 0.29) is 6.61 Å². The molecule has 0 aliphatic rings. The quantitative estimate of drug-likeness (QED) is 0.645. The van der Waals surface area contributed by atoms with Crippen LogP contribution in [-0.2, 0) is 6.42 Å². The smallest absolute Gasteiger partial charge is 0.0895 e. The zero-order valence-corrected chi connectivity index (χ0v) is 9.76. The lowest BCUT2D eigenvalue weighted by molar-refractivity contribution is 0.0921. The van der Waals surface area contributed by atoms with Gasteiger partial charge in [-0.15, -0.1) is 0 Å². The van der Waals surface area contributed by atoms with Gasteiger partial charge in [-0.1, -0.05) is 30.3 Å².